The zero-order chi connectivity index (χ0) is 47.8. The number of hydrogen-bond donors (Lipinski definition) is 0. The van der Waals surface area contributed by atoms with Crippen LogP contribution in [0.1, 0.15) is 105 Å². The molecule has 0 amide bonds. The average molecular weight is 1090 g/mol. The summed E-state index contributed by atoms with van der Waals surface area (Å²) in [5, 5.41) is 3.76. The van der Waals surface area contributed by atoms with E-state index in [1.54, 1.807) is 18.5 Å². The molecule has 0 aliphatic rings. The number of rotatable bonds is 5. The van der Waals surface area contributed by atoms with Crippen molar-refractivity contribution in [3.8, 4) is 39.3 Å². The molecule has 348 valence electrons. The second kappa shape index (κ2) is 16.2. The van der Waals surface area contributed by atoms with Gasteiger partial charge in [0.2, 0.25) is 0 Å². The Hall–Kier alpha value is -6.23. The van der Waals surface area contributed by atoms with E-state index in [2.05, 4.69) is 201 Å². The molecule has 0 unspecified atom stereocenters. The fourth-order valence-electron chi connectivity index (χ4n) is 10.2. The van der Waals surface area contributed by atoms with E-state index >= 15 is 4.39 Å². The molecule has 0 aliphatic heterocycles. The normalized spacial score (nSPS) is 12.9. The minimum Gasteiger partial charge on any atom is -0.342 e. The summed E-state index contributed by atoms with van der Waals surface area (Å²) in [4.78, 5) is 15.6. The van der Waals surface area contributed by atoms with E-state index in [0.29, 0.717) is 0 Å². The molecule has 7 heteroatoms. The first-order valence-corrected chi connectivity index (χ1v) is 23.9. The van der Waals surface area contributed by atoms with Crippen molar-refractivity contribution in [3.05, 3.63) is 162 Å². The van der Waals surface area contributed by atoms with Gasteiger partial charge in [0.15, 0.2) is 0 Å². The predicted octanol–water partition coefficient (Wildman–Crippen LogP) is 16.3. The Morgan fingerprint density at radius 2 is 1.33 bits per heavy atom. The van der Waals surface area contributed by atoms with Crippen molar-refractivity contribution in [3.63, 3.8) is 0 Å². The molecule has 0 N–H and O–H groups in total. The minimum absolute atomic E-state index is 0. The molecule has 0 spiro atoms. The van der Waals surface area contributed by atoms with Gasteiger partial charge in [-0.15, -0.1) is 52.6 Å². The fourth-order valence-corrected chi connectivity index (χ4v) is 10.2. The van der Waals surface area contributed by atoms with Gasteiger partial charge in [0.1, 0.15) is 12.1 Å². The molecule has 0 bridgehead atoms. The number of halogens is 1. The first-order valence-electron chi connectivity index (χ1n) is 23.9. The SMILES string of the molecule is CC(C)(C)Cc1cc2ncnc3c4[c-]c(-c5cccc6c5nc(-c5[c-]c(C(C)(C)C)cc(C(C)(C)C)c5)n6-c5ccc(C(C)(C)C)cc5-c5ccccc5)cc5c6ccc(F)cc6n(c(c1)c23)c45.[Pt+2]. The van der Waals surface area contributed by atoms with E-state index in [1.165, 1.54) is 16.7 Å². The number of hydrogen-bond acceptors (Lipinski definition) is 3. The van der Waals surface area contributed by atoms with Crippen LogP contribution >= 0.6 is 0 Å². The Morgan fingerprint density at radius 3 is 2.04 bits per heavy atom. The van der Waals surface area contributed by atoms with E-state index in [1.807, 2.05) is 6.07 Å². The second-order valence-electron chi connectivity index (χ2n) is 23.3. The summed E-state index contributed by atoms with van der Waals surface area (Å²) >= 11 is 0. The monoisotopic (exact) mass is 1090 g/mol. The Morgan fingerprint density at radius 1 is 0.580 bits per heavy atom. The van der Waals surface area contributed by atoms with Crippen LogP contribution < -0.4 is 0 Å². The minimum atomic E-state index is -0.283. The zero-order valence-corrected chi connectivity index (χ0v) is 44.0. The quantitative estimate of drug-likeness (QED) is 0.0980. The number of benzene rings is 7. The Bertz CT molecular complexity index is 3780. The van der Waals surface area contributed by atoms with Crippen LogP contribution in [0.4, 0.5) is 4.39 Å². The van der Waals surface area contributed by atoms with E-state index in [0.717, 1.165) is 111 Å². The zero-order valence-electron chi connectivity index (χ0n) is 41.7. The van der Waals surface area contributed by atoms with E-state index in [-0.39, 0.29) is 48.5 Å². The molecular formula is C62H58FN5Pt. The fraction of sp³-hybridized carbons (Fsp3) is 0.274. The number of fused-ring (bicyclic) bond motifs is 6. The van der Waals surface area contributed by atoms with Crippen LogP contribution in [-0.2, 0) is 43.7 Å². The van der Waals surface area contributed by atoms with Gasteiger partial charge in [-0.2, -0.15) is 0 Å². The molecule has 0 fully saturated rings. The maximum absolute atomic E-state index is 15.5. The summed E-state index contributed by atoms with van der Waals surface area (Å²) in [5.41, 5.74) is 16.8. The average Bonchev–Trinajstić information content (AvgIpc) is 3.82. The molecule has 0 aliphatic carbocycles. The molecule has 11 rings (SSSR count). The molecular weight excluding hydrogens is 1030 g/mol. The molecule has 69 heavy (non-hydrogen) atoms. The Labute approximate surface area is 419 Å². The van der Waals surface area contributed by atoms with Crippen molar-refractivity contribution >= 4 is 60.2 Å². The maximum Gasteiger partial charge on any atom is 2.00 e. The van der Waals surface area contributed by atoms with Crippen molar-refractivity contribution in [2.24, 2.45) is 5.41 Å². The second-order valence-corrected chi connectivity index (χ2v) is 23.3. The maximum atomic E-state index is 15.5. The largest absolute Gasteiger partial charge is 2.00 e. The van der Waals surface area contributed by atoms with Crippen molar-refractivity contribution in [1.82, 2.24) is 23.9 Å². The summed E-state index contributed by atoms with van der Waals surface area (Å²) in [6, 6.07) is 48.4. The molecule has 0 atom stereocenters. The van der Waals surface area contributed by atoms with Crippen molar-refractivity contribution in [1.29, 1.82) is 0 Å². The third-order valence-electron chi connectivity index (χ3n) is 13.7. The van der Waals surface area contributed by atoms with Gasteiger partial charge in [-0.3, -0.25) is 9.97 Å². The summed E-state index contributed by atoms with van der Waals surface area (Å²) in [6.07, 6.45) is 2.54. The van der Waals surface area contributed by atoms with Crippen LogP contribution in [0.3, 0.4) is 0 Å². The van der Waals surface area contributed by atoms with Crippen LogP contribution in [0.25, 0.3) is 99.5 Å². The molecule has 0 saturated carbocycles. The van der Waals surface area contributed by atoms with E-state index < -0.39 is 0 Å². The van der Waals surface area contributed by atoms with Gasteiger partial charge in [0.05, 0.1) is 22.4 Å². The number of para-hydroxylation sites is 1. The summed E-state index contributed by atoms with van der Waals surface area (Å²) in [7, 11) is 0. The number of pyridine rings is 1. The summed E-state index contributed by atoms with van der Waals surface area (Å²) in [5.74, 6) is 0.534. The predicted molar refractivity (Wildman–Crippen MR) is 282 cm³/mol. The van der Waals surface area contributed by atoms with Crippen molar-refractivity contribution in [2.45, 2.75) is 106 Å². The summed E-state index contributed by atoms with van der Waals surface area (Å²) in [6.45, 7) is 27.2. The number of nitrogens with zero attached hydrogens (tertiary/aromatic N) is 5. The third kappa shape index (κ3) is 7.93. The van der Waals surface area contributed by atoms with Gasteiger partial charge in [0.25, 0.3) is 0 Å². The molecule has 11 aromatic rings. The van der Waals surface area contributed by atoms with Crippen molar-refractivity contribution in [2.75, 3.05) is 0 Å². The third-order valence-corrected chi connectivity index (χ3v) is 13.7. The number of imidazole rings is 1. The molecule has 4 aromatic heterocycles. The van der Waals surface area contributed by atoms with Gasteiger partial charge in [-0.1, -0.05) is 154 Å². The standard InChI is InChI=1S/C62H58FN5.Pt/c1-59(2,3)34-36-25-49-54-53(26-36)67-52-33-43(63)22-23-45(52)47-29-38(30-48(57(47)67)56(54)65-35-64-49)44-19-16-20-51-55(44)66-58(39-27-41(61(7,8)9)31-42(28-39)62(10,11)12)68(51)50-24-21-40(60(4,5)6)32-46(50)37-17-14-13-15-18-37;/h13-27,29,31-33,35H,34H2,1-12H3;/q-2;+2. The van der Waals surface area contributed by atoms with Gasteiger partial charge < -0.3 is 8.97 Å². The van der Waals surface area contributed by atoms with Crippen LogP contribution in [0.15, 0.2) is 122 Å². The van der Waals surface area contributed by atoms with Crippen molar-refractivity contribution < 1.29 is 25.5 Å². The smallest absolute Gasteiger partial charge is 0.342 e. The first-order chi connectivity index (χ1) is 32.1. The van der Waals surface area contributed by atoms with Gasteiger partial charge in [0, 0.05) is 33.2 Å². The van der Waals surface area contributed by atoms with Gasteiger partial charge in [-0.25, -0.2) is 9.37 Å². The van der Waals surface area contributed by atoms with Crippen LogP contribution in [-0.4, -0.2) is 23.9 Å². The van der Waals surface area contributed by atoms with Crippen LogP contribution in [0, 0.1) is 23.4 Å². The Balaban J connectivity index is 0.00000553. The van der Waals surface area contributed by atoms with Gasteiger partial charge >= 0.3 is 21.1 Å². The summed E-state index contributed by atoms with van der Waals surface area (Å²) < 4.78 is 20.0. The number of aromatic nitrogens is 5. The topological polar surface area (TPSA) is 48.0 Å². The molecule has 5 nitrogen and oxygen atoms in total. The molecule has 0 radical (unpaired) electrons. The molecule has 7 aromatic carbocycles. The molecule has 4 heterocycles. The van der Waals surface area contributed by atoms with E-state index in [4.69, 9.17) is 15.0 Å². The Kier molecular flexibility index (Phi) is 10.9. The van der Waals surface area contributed by atoms with E-state index in [9.17, 15) is 0 Å². The van der Waals surface area contributed by atoms with Crippen LogP contribution in [0.2, 0.25) is 0 Å². The first kappa shape index (κ1) is 46.5. The van der Waals surface area contributed by atoms with Gasteiger partial charge in [-0.05, 0) is 98.1 Å². The van der Waals surface area contributed by atoms with Crippen LogP contribution in [0.5, 0.6) is 0 Å². The molecule has 0 saturated heterocycles.